The molecule has 8 aliphatic carbocycles. The summed E-state index contributed by atoms with van der Waals surface area (Å²) in [6, 6.07) is 0. The van der Waals surface area contributed by atoms with Crippen LogP contribution >= 0.6 is 0 Å². The van der Waals surface area contributed by atoms with Crippen molar-refractivity contribution in [3.8, 4) is 0 Å². The van der Waals surface area contributed by atoms with Gasteiger partial charge >= 0.3 is 0 Å². The van der Waals surface area contributed by atoms with E-state index in [4.69, 9.17) is 66.3 Å². The molecule has 33 heteroatoms. The van der Waals surface area contributed by atoms with Gasteiger partial charge in [-0.25, -0.2) is 0 Å². The molecule has 0 unspecified atom stereocenters. The summed E-state index contributed by atoms with van der Waals surface area (Å²) < 4.78 is 87.6. The highest BCUT2D eigenvalue weighted by Crippen LogP contribution is 2.73. The standard InChI is InChI=1S/C45H73NO16.C45H73NO15/c1-19-8-13-45(46-16-19)20(2)30-27(62-45)15-26-24-7-6-22-14-23(9-11-43(22,4)25(24)10-12-44(26,30)5)57-42-39(61-40-36(54)34(52)31(49)21(3)56-40)38(33(51)29(18-48)59-42)60-41-37(55)35(53)32(50)28(17-47)58-41;1-19-9-14-45(46-17-19)20(2)30-28(61-45)16-27-25-8-7-23-15-24(10-12-43(23,5)26(25)11-13-44(27,30)6)57-42-39(60-41-36(53)34(51)32(49)22(4)56-41)37(54)38(29(18-47)58-42)59-40-35(52)33(50)31(48)21(3)55-40/h6,19-21,23-42,46-55H,7-18H2,1-5H3;7,19-22,24-42,46-54H,8-18H2,1-6H3/t19-,20+,21+,23+,24-,25+,26+,27+,28-,29-,30+,31+,32-,33+,34-,35+,36-,37-,38+,39-,40+,41+,42-,43+,44+,45-;19-,20+,21+,22+,24+,25-,26+,27+,28+,29-,30+,31+,32+,33-,34-,35-,36-,37+,38-,39-,40+,41+,42-,43+,44+,45-/m11/s1. The Morgan fingerprint density at radius 3 is 1.13 bits per heavy atom. The van der Waals surface area contributed by atoms with Gasteiger partial charge in [0.1, 0.15) is 140 Å². The molecule has 0 aromatic heterocycles. The third-order valence-electron chi connectivity index (χ3n) is 35.8. The zero-order valence-corrected chi connectivity index (χ0v) is 73.3. The predicted octanol–water partition coefficient (Wildman–Crippen LogP) is 0.602. The van der Waals surface area contributed by atoms with Crippen molar-refractivity contribution in [2.45, 2.75) is 412 Å². The summed E-state index contributed by atoms with van der Waals surface area (Å²) in [5.41, 5.74) is 2.73. The van der Waals surface area contributed by atoms with Gasteiger partial charge in [-0.3, -0.25) is 10.6 Å². The summed E-state index contributed by atoms with van der Waals surface area (Å²) in [5.74, 6) is 6.74. The second-order valence-corrected chi connectivity index (χ2v) is 42.4. The molecule has 0 radical (unpaired) electrons. The molecule has 18 rings (SSSR count). The van der Waals surface area contributed by atoms with Crippen LogP contribution < -0.4 is 10.6 Å². The molecule has 16 fully saturated rings. The second kappa shape index (κ2) is 35.5. The lowest BCUT2D eigenvalue weighted by Crippen LogP contribution is -2.67. The molecule has 52 atom stereocenters. The van der Waals surface area contributed by atoms with Crippen LogP contribution in [-0.2, 0) is 66.3 Å². The van der Waals surface area contributed by atoms with Gasteiger partial charge in [-0.1, -0.05) is 78.7 Å². The van der Waals surface area contributed by atoms with E-state index in [0.29, 0.717) is 103 Å². The number of hydrogen-bond donors (Lipinski definition) is 19. The fourth-order valence-electron chi connectivity index (χ4n) is 28.4. The van der Waals surface area contributed by atoms with Crippen molar-refractivity contribution in [1.82, 2.24) is 10.6 Å². The van der Waals surface area contributed by atoms with Crippen LogP contribution in [0.2, 0.25) is 0 Å². The van der Waals surface area contributed by atoms with Gasteiger partial charge in [-0.2, -0.15) is 0 Å². The first kappa shape index (κ1) is 93.0. The van der Waals surface area contributed by atoms with E-state index in [1.54, 1.807) is 0 Å². The van der Waals surface area contributed by atoms with Gasteiger partial charge in [-0.15, -0.1) is 0 Å². The summed E-state index contributed by atoms with van der Waals surface area (Å²) in [6.07, 6.45) is -21.9. The summed E-state index contributed by atoms with van der Waals surface area (Å²) in [7, 11) is 0. The lowest BCUT2D eigenvalue weighted by Gasteiger charge is -2.59. The molecule has 0 amide bonds. The summed E-state index contributed by atoms with van der Waals surface area (Å²) in [6.45, 7) is 24.0. The molecule has 18 aliphatic rings. The Labute approximate surface area is 721 Å². The van der Waals surface area contributed by atoms with E-state index in [2.05, 4.69) is 78.2 Å². The molecule has 0 aromatic rings. The Balaban J connectivity index is 0.000000175. The first-order chi connectivity index (χ1) is 58.3. The van der Waals surface area contributed by atoms with Gasteiger partial charge in [0, 0.05) is 24.9 Å². The summed E-state index contributed by atoms with van der Waals surface area (Å²) in [4.78, 5) is 0. The highest BCUT2D eigenvalue weighted by molar-refractivity contribution is 5.29. The fourth-order valence-corrected chi connectivity index (χ4v) is 28.4. The number of piperidine rings is 2. The van der Waals surface area contributed by atoms with E-state index in [1.165, 1.54) is 64.0 Å². The predicted molar refractivity (Wildman–Crippen MR) is 431 cm³/mol. The van der Waals surface area contributed by atoms with Crippen LogP contribution in [0.5, 0.6) is 0 Å². The van der Waals surface area contributed by atoms with Crippen molar-refractivity contribution >= 4 is 0 Å². The van der Waals surface area contributed by atoms with Crippen molar-refractivity contribution in [2.75, 3.05) is 32.9 Å². The Bertz CT molecular complexity index is 3670. The van der Waals surface area contributed by atoms with Crippen LogP contribution in [0.4, 0.5) is 0 Å². The zero-order valence-electron chi connectivity index (χ0n) is 73.3. The Morgan fingerprint density at radius 1 is 0.350 bits per heavy atom. The molecule has 10 saturated heterocycles. The molecule has 702 valence electrons. The van der Waals surface area contributed by atoms with E-state index in [1.807, 2.05) is 0 Å². The molecule has 10 aliphatic heterocycles. The molecule has 0 aromatic carbocycles. The van der Waals surface area contributed by atoms with Crippen LogP contribution in [0.25, 0.3) is 0 Å². The molecule has 6 saturated carbocycles. The number of aliphatic hydroxyl groups is 17. The van der Waals surface area contributed by atoms with Crippen molar-refractivity contribution in [1.29, 1.82) is 0 Å². The number of rotatable bonds is 15. The van der Waals surface area contributed by atoms with E-state index in [0.717, 1.165) is 70.9 Å². The van der Waals surface area contributed by atoms with Gasteiger partial charge in [0.15, 0.2) is 37.7 Å². The third kappa shape index (κ3) is 16.0. The molecule has 33 nitrogen and oxygen atoms in total. The van der Waals surface area contributed by atoms with Crippen LogP contribution in [0.3, 0.4) is 0 Å². The largest absolute Gasteiger partial charge is 0.394 e. The average Bonchev–Trinajstić information content (AvgIpc) is 1.55. The lowest BCUT2D eigenvalue weighted by molar-refractivity contribution is -0.394. The molecule has 2 spiro atoms. The van der Waals surface area contributed by atoms with Gasteiger partial charge < -0.3 is 153 Å². The van der Waals surface area contributed by atoms with Crippen LogP contribution in [0.1, 0.15) is 192 Å². The quantitative estimate of drug-likeness (QED) is 0.0998. The Kier molecular flexibility index (Phi) is 26.9. The summed E-state index contributed by atoms with van der Waals surface area (Å²) in [5, 5.41) is 189. The molecular formula is C90H146N2O31. The minimum Gasteiger partial charge on any atom is -0.394 e. The normalized spacial score (nSPS) is 58.0. The first-order valence-corrected chi connectivity index (χ1v) is 46.8. The van der Waals surface area contributed by atoms with Crippen molar-refractivity contribution < 1.29 is 153 Å². The maximum absolute atomic E-state index is 12.0. The fraction of sp³-hybridized carbons (Fsp3) is 0.956. The van der Waals surface area contributed by atoms with Crippen molar-refractivity contribution in [2.24, 2.45) is 92.7 Å². The van der Waals surface area contributed by atoms with Gasteiger partial charge in [0.05, 0.1) is 62.5 Å². The Hall–Kier alpha value is -1.84. The maximum Gasteiger partial charge on any atom is 0.187 e. The minimum absolute atomic E-state index is 0.00472. The van der Waals surface area contributed by atoms with Crippen LogP contribution in [-0.4, -0.2) is 340 Å². The van der Waals surface area contributed by atoms with Crippen LogP contribution in [0, 0.1) is 92.7 Å². The number of aliphatic hydroxyl groups excluding tert-OH is 17. The Morgan fingerprint density at radius 2 is 0.715 bits per heavy atom. The molecule has 0 bridgehead atoms. The highest BCUT2D eigenvalue weighted by atomic mass is 16.8. The van der Waals surface area contributed by atoms with Crippen LogP contribution in [0.15, 0.2) is 23.3 Å². The van der Waals surface area contributed by atoms with Gasteiger partial charge in [-0.05, 0) is 217 Å². The average molecular weight is 1750 g/mol. The summed E-state index contributed by atoms with van der Waals surface area (Å²) >= 11 is 0. The maximum atomic E-state index is 12.0. The molecule has 123 heavy (non-hydrogen) atoms. The zero-order chi connectivity index (χ0) is 87.7. The number of fused-ring (bicyclic) bond motifs is 14. The van der Waals surface area contributed by atoms with Crippen molar-refractivity contribution in [3.63, 3.8) is 0 Å². The minimum atomic E-state index is -1.84. The molecule has 19 N–H and O–H groups in total. The molecular weight excluding hydrogens is 1600 g/mol. The highest BCUT2D eigenvalue weighted by Gasteiger charge is 2.72. The van der Waals surface area contributed by atoms with Gasteiger partial charge in [0.2, 0.25) is 0 Å². The lowest BCUT2D eigenvalue weighted by atomic mass is 9.47. The van der Waals surface area contributed by atoms with E-state index >= 15 is 0 Å². The van der Waals surface area contributed by atoms with E-state index in [-0.39, 0.29) is 45.3 Å². The SMILES string of the molecule is C[C@@H]1CC[C@@]2(NC1)O[C@H]1C[C@H]3[C@@H]4CC=C5C[C@@H](O[C@@H]6O[C@H](CO)[C@@H](O[C@@H]7O[C@@H](C)[C@H](O)[C@@H](O)[C@H]7O)[C@H](O)[C@H]6O[C@@H]6O[C@@H](C)[C@H](O)[C@@H](O)[C@H]6O)CC[C@]5(C)[C@H]4CC[C@]3(C)[C@H]1[C@@H]2C.C[C@@H]1CC[C@@]2(NC1)O[C@H]1C[C@H]3[C@@H]4CC=C5C[C@@H](O[C@@H]6O[C@H](CO)[C@H](O)[C@H](O[C@@H]7O[C@H](CO)[C@@H](O)[C@H](O)[C@H]7O)[C@H]6O[C@@H]6O[C@@H](C)[C@H](O)[C@@H](O)[C@H]6O)CC[C@]5(C)[C@H]4CC[C@]3(C)[C@H]1[C@@H]2C. The van der Waals surface area contributed by atoms with Crippen molar-refractivity contribution in [3.05, 3.63) is 23.3 Å². The topological polar surface area (TPSA) is 497 Å². The second-order valence-electron chi connectivity index (χ2n) is 42.4. The number of ether oxygens (including phenoxy) is 14. The third-order valence-corrected chi connectivity index (χ3v) is 35.8. The molecule has 10 heterocycles. The smallest absolute Gasteiger partial charge is 0.187 e. The van der Waals surface area contributed by atoms with Gasteiger partial charge in [0.25, 0.3) is 0 Å². The monoisotopic (exact) mass is 1750 g/mol. The van der Waals surface area contributed by atoms with E-state index < -0.39 is 210 Å². The number of nitrogens with one attached hydrogen (secondary N) is 2. The number of hydrogen-bond acceptors (Lipinski definition) is 33. The first-order valence-electron chi connectivity index (χ1n) is 46.8. The number of allylic oxidation sites excluding steroid dienone is 2. The van der Waals surface area contributed by atoms with E-state index in [9.17, 15) is 86.8 Å².